The highest BCUT2D eigenvalue weighted by Crippen LogP contribution is 2.15. The summed E-state index contributed by atoms with van der Waals surface area (Å²) in [5.41, 5.74) is 5.58. The highest BCUT2D eigenvalue weighted by atomic mass is 19.1. The number of halogens is 1. The van der Waals surface area contributed by atoms with Crippen molar-refractivity contribution in [3.8, 4) is 0 Å². The maximum Gasteiger partial charge on any atom is 0.253 e. The Kier molecular flexibility index (Phi) is 4.90. The van der Waals surface area contributed by atoms with Crippen LogP contribution in [0.4, 0.5) is 10.1 Å². The number of amides is 1. The Labute approximate surface area is 101 Å². The lowest BCUT2D eigenvalue weighted by atomic mass is 10.1. The number of benzene rings is 1. The maximum absolute atomic E-state index is 13.1. The summed E-state index contributed by atoms with van der Waals surface area (Å²) in [4.78, 5) is 13.8. The second-order valence-corrected chi connectivity index (χ2v) is 3.85. The quantitative estimate of drug-likeness (QED) is 0.756. The van der Waals surface area contributed by atoms with E-state index in [0.717, 1.165) is 13.1 Å². The minimum Gasteiger partial charge on any atom is -0.396 e. The lowest BCUT2D eigenvalue weighted by Crippen LogP contribution is -2.33. The van der Waals surface area contributed by atoms with E-state index in [1.54, 1.807) is 0 Å². The van der Waals surface area contributed by atoms with Crippen molar-refractivity contribution in [2.45, 2.75) is 6.92 Å². The zero-order valence-corrected chi connectivity index (χ0v) is 10.2. The lowest BCUT2D eigenvalue weighted by molar-refractivity contribution is 0.0950. The van der Waals surface area contributed by atoms with E-state index in [-0.39, 0.29) is 17.2 Å². The third kappa shape index (κ3) is 3.71. The largest absolute Gasteiger partial charge is 0.396 e. The Bertz CT molecular complexity index is 395. The number of nitrogens with zero attached hydrogens (tertiary/aromatic N) is 1. The molecule has 4 nitrogen and oxygen atoms in total. The molecule has 0 saturated heterocycles. The van der Waals surface area contributed by atoms with E-state index in [2.05, 4.69) is 10.2 Å². The van der Waals surface area contributed by atoms with Crippen LogP contribution in [0.15, 0.2) is 18.2 Å². The summed E-state index contributed by atoms with van der Waals surface area (Å²) in [7, 11) is 1.96. The average Bonchev–Trinajstić information content (AvgIpc) is 2.32. The van der Waals surface area contributed by atoms with Crippen LogP contribution in [-0.2, 0) is 0 Å². The zero-order chi connectivity index (χ0) is 12.8. The predicted molar refractivity (Wildman–Crippen MR) is 66.3 cm³/mol. The molecule has 0 aromatic heterocycles. The molecule has 0 aliphatic carbocycles. The average molecular weight is 239 g/mol. The van der Waals surface area contributed by atoms with E-state index < -0.39 is 5.82 Å². The third-order valence-electron chi connectivity index (χ3n) is 2.62. The molecule has 1 amide bonds. The Morgan fingerprint density at radius 1 is 1.53 bits per heavy atom. The molecular formula is C12H18FN3O. The van der Waals surface area contributed by atoms with Crippen molar-refractivity contribution < 1.29 is 9.18 Å². The van der Waals surface area contributed by atoms with Gasteiger partial charge < -0.3 is 16.0 Å². The predicted octanol–water partition coefficient (Wildman–Crippen LogP) is 1.09. The Morgan fingerprint density at radius 3 is 2.88 bits per heavy atom. The Balaban J connectivity index is 2.56. The van der Waals surface area contributed by atoms with Crippen molar-refractivity contribution in [1.29, 1.82) is 0 Å². The molecule has 0 radical (unpaired) electrons. The fraction of sp³-hybridized carbons (Fsp3) is 0.417. The summed E-state index contributed by atoms with van der Waals surface area (Å²) < 4.78 is 13.1. The highest BCUT2D eigenvalue weighted by molar-refractivity contribution is 5.99. The fourth-order valence-corrected chi connectivity index (χ4v) is 1.35. The van der Waals surface area contributed by atoms with Gasteiger partial charge in [0, 0.05) is 13.1 Å². The molecule has 0 bridgehead atoms. The van der Waals surface area contributed by atoms with E-state index in [4.69, 9.17) is 5.73 Å². The first kappa shape index (κ1) is 13.4. The Hall–Kier alpha value is -1.62. The maximum atomic E-state index is 13.1. The van der Waals surface area contributed by atoms with Crippen molar-refractivity contribution in [3.63, 3.8) is 0 Å². The first-order chi connectivity index (χ1) is 8.06. The van der Waals surface area contributed by atoms with Crippen molar-refractivity contribution in [1.82, 2.24) is 10.2 Å². The van der Waals surface area contributed by atoms with Gasteiger partial charge in [-0.05, 0) is 25.7 Å². The smallest absolute Gasteiger partial charge is 0.253 e. The van der Waals surface area contributed by atoms with Gasteiger partial charge in [-0.1, -0.05) is 13.0 Å². The molecule has 94 valence electrons. The standard InChI is InChI=1S/C12H18FN3O/c1-3-16(2)8-7-15-12(17)9-5-4-6-10(13)11(9)14/h4-6H,3,7-8,14H2,1-2H3,(H,15,17). The van der Waals surface area contributed by atoms with Crippen LogP contribution in [0.2, 0.25) is 0 Å². The van der Waals surface area contributed by atoms with Gasteiger partial charge in [0.05, 0.1) is 11.3 Å². The molecule has 1 aromatic rings. The summed E-state index contributed by atoms with van der Waals surface area (Å²) in [5.74, 6) is -0.908. The number of rotatable bonds is 5. The lowest BCUT2D eigenvalue weighted by Gasteiger charge is -2.14. The van der Waals surface area contributed by atoms with Gasteiger partial charge >= 0.3 is 0 Å². The molecule has 0 aliphatic rings. The second-order valence-electron chi connectivity index (χ2n) is 3.85. The number of likely N-dealkylation sites (N-methyl/N-ethyl adjacent to an activating group) is 1. The van der Waals surface area contributed by atoms with Crippen LogP contribution in [0.3, 0.4) is 0 Å². The van der Waals surface area contributed by atoms with Crippen LogP contribution >= 0.6 is 0 Å². The Morgan fingerprint density at radius 2 is 2.24 bits per heavy atom. The number of para-hydroxylation sites is 1. The van der Waals surface area contributed by atoms with Crippen LogP contribution in [-0.4, -0.2) is 37.5 Å². The summed E-state index contributed by atoms with van der Waals surface area (Å²) in [5, 5.41) is 2.70. The van der Waals surface area contributed by atoms with Crippen molar-refractivity contribution in [2.24, 2.45) is 0 Å². The number of nitrogens with two attached hydrogens (primary N) is 1. The minimum atomic E-state index is -0.566. The zero-order valence-electron chi connectivity index (χ0n) is 10.2. The molecule has 1 aromatic carbocycles. The first-order valence-corrected chi connectivity index (χ1v) is 5.57. The topological polar surface area (TPSA) is 58.4 Å². The van der Waals surface area contributed by atoms with Gasteiger partial charge in [0.15, 0.2) is 0 Å². The van der Waals surface area contributed by atoms with Gasteiger partial charge in [-0.2, -0.15) is 0 Å². The van der Waals surface area contributed by atoms with Crippen LogP contribution < -0.4 is 11.1 Å². The molecule has 0 heterocycles. The first-order valence-electron chi connectivity index (χ1n) is 5.57. The molecule has 0 fully saturated rings. The van der Waals surface area contributed by atoms with Crippen molar-refractivity contribution in [2.75, 3.05) is 32.4 Å². The second kappa shape index (κ2) is 6.20. The van der Waals surface area contributed by atoms with Crippen LogP contribution in [0.1, 0.15) is 17.3 Å². The van der Waals surface area contributed by atoms with E-state index in [1.165, 1.54) is 18.2 Å². The molecule has 0 aliphatic heterocycles. The van der Waals surface area contributed by atoms with Gasteiger partial charge in [-0.3, -0.25) is 4.79 Å². The number of carbonyl (C=O) groups is 1. The van der Waals surface area contributed by atoms with Crippen molar-refractivity contribution in [3.05, 3.63) is 29.6 Å². The van der Waals surface area contributed by atoms with Gasteiger partial charge in [-0.15, -0.1) is 0 Å². The van der Waals surface area contributed by atoms with Crippen molar-refractivity contribution >= 4 is 11.6 Å². The number of carbonyl (C=O) groups excluding carboxylic acids is 1. The third-order valence-corrected chi connectivity index (χ3v) is 2.62. The van der Waals surface area contributed by atoms with E-state index >= 15 is 0 Å². The molecule has 0 unspecified atom stereocenters. The number of nitrogens with one attached hydrogen (secondary N) is 1. The highest BCUT2D eigenvalue weighted by Gasteiger charge is 2.11. The molecule has 0 saturated carbocycles. The van der Waals surface area contributed by atoms with Gasteiger partial charge in [-0.25, -0.2) is 4.39 Å². The molecule has 0 spiro atoms. The van der Waals surface area contributed by atoms with Gasteiger partial charge in [0.2, 0.25) is 0 Å². The number of nitrogen functional groups attached to an aromatic ring is 1. The summed E-state index contributed by atoms with van der Waals surface area (Å²) >= 11 is 0. The van der Waals surface area contributed by atoms with Gasteiger partial charge in [0.1, 0.15) is 5.82 Å². The molecule has 5 heteroatoms. The molecular weight excluding hydrogens is 221 g/mol. The van der Waals surface area contributed by atoms with E-state index in [9.17, 15) is 9.18 Å². The molecule has 1 rings (SSSR count). The summed E-state index contributed by atoms with van der Waals surface area (Å²) in [6, 6.07) is 4.22. The number of anilines is 1. The van der Waals surface area contributed by atoms with Crippen LogP contribution in [0, 0.1) is 5.82 Å². The summed E-state index contributed by atoms with van der Waals surface area (Å²) in [6.45, 7) is 4.21. The van der Waals surface area contributed by atoms with Crippen LogP contribution in [0.5, 0.6) is 0 Å². The van der Waals surface area contributed by atoms with Gasteiger partial charge in [0.25, 0.3) is 5.91 Å². The van der Waals surface area contributed by atoms with E-state index in [0.29, 0.717) is 6.54 Å². The fourth-order valence-electron chi connectivity index (χ4n) is 1.35. The molecule has 0 atom stereocenters. The number of hydrogen-bond acceptors (Lipinski definition) is 3. The monoisotopic (exact) mass is 239 g/mol. The number of hydrogen-bond donors (Lipinski definition) is 2. The van der Waals surface area contributed by atoms with E-state index in [1.807, 2.05) is 14.0 Å². The molecule has 17 heavy (non-hydrogen) atoms. The minimum absolute atomic E-state index is 0.103. The molecule has 3 N–H and O–H groups in total. The summed E-state index contributed by atoms with van der Waals surface area (Å²) in [6.07, 6.45) is 0. The van der Waals surface area contributed by atoms with Crippen LogP contribution in [0.25, 0.3) is 0 Å². The SMILES string of the molecule is CCN(C)CCNC(=O)c1cccc(F)c1N. The normalized spacial score (nSPS) is 10.6.